The van der Waals surface area contributed by atoms with E-state index in [1.165, 1.54) is 0 Å². The number of pyridine rings is 1. The van der Waals surface area contributed by atoms with Gasteiger partial charge in [0.2, 0.25) is 0 Å². The highest BCUT2D eigenvalue weighted by Gasteiger charge is 2.20. The van der Waals surface area contributed by atoms with Gasteiger partial charge in [-0.05, 0) is 6.07 Å². The summed E-state index contributed by atoms with van der Waals surface area (Å²) in [6.07, 6.45) is -3.65. The normalized spacial score (nSPS) is 10.8. The van der Waals surface area contributed by atoms with Crippen molar-refractivity contribution < 1.29 is 23.1 Å². The van der Waals surface area contributed by atoms with Crippen molar-refractivity contribution in [3.8, 4) is 0 Å². The average molecular weight is 254 g/mol. The second-order valence-electron chi connectivity index (χ2n) is 2.98. The Hall–Kier alpha value is -1.30. The van der Waals surface area contributed by atoms with Gasteiger partial charge in [0.1, 0.15) is 5.69 Å². The summed E-state index contributed by atoms with van der Waals surface area (Å²) in [4.78, 5) is 13.6. The molecule has 1 N–H and O–H groups in total. The SMILES string of the molecule is O=C(O)Cc1cc(CCl)c(F)c(C(F)F)n1. The molecule has 1 rings (SSSR count). The van der Waals surface area contributed by atoms with E-state index in [0.29, 0.717) is 0 Å². The smallest absolute Gasteiger partial charge is 0.309 e. The van der Waals surface area contributed by atoms with Crippen LogP contribution in [-0.4, -0.2) is 16.1 Å². The molecule has 7 heteroatoms. The van der Waals surface area contributed by atoms with Gasteiger partial charge < -0.3 is 5.11 Å². The predicted molar refractivity (Wildman–Crippen MR) is 50.0 cm³/mol. The Kier molecular flexibility index (Phi) is 4.12. The zero-order valence-electron chi connectivity index (χ0n) is 7.88. The third-order valence-corrected chi connectivity index (χ3v) is 2.08. The van der Waals surface area contributed by atoms with Gasteiger partial charge in [-0.15, -0.1) is 11.6 Å². The molecule has 16 heavy (non-hydrogen) atoms. The topological polar surface area (TPSA) is 50.2 Å². The summed E-state index contributed by atoms with van der Waals surface area (Å²) < 4.78 is 38.0. The summed E-state index contributed by atoms with van der Waals surface area (Å²) in [5.41, 5.74) is -1.38. The minimum Gasteiger partial charge on any atom is -0.481 e. The molecule has 1 aromatic heterocycles. The monoisotopic (exact) mass is 253 g/mol. The largest absolute Gasteiger partial charge is 0.481 e. The molecule has 0 atom stereocenters. The summed E-state index contributed by atoms with van der Waals surface area (Å²) in [5, 5.41) is 8.48. The van der Waals surface area contributed by atoms with E-state index in [0.717, 1.165) is 6.07 Å². The molecule has 0 radical (unpaired) electrons. The van der Waals surface area contributed by atoms with Gasteiger partial charge in [0, 0.05) is 5.56 Å². The Morgan fingerprint density at radius 2 is 2.19 bits per heavy atom. The Morgan fingerprint density at radius 3 is 2.62 bits per heavy atom. The molecule has 1 aromatic rings. The minimum atomic E-state index is -3.10. The molecule has 0 amide bonds. The van der Waals surface area contributed by atoms with Crippen LogP contribution in [0.4, 0.5) is 13.2 Å². The van der Waals surface area contributed by atoms with Crippen molar-refractivity contribution in [3.63, 3.8) is 0 Å². The van der Waals surface area contributed by atoms with Crippen LogP contribution in [0.3, 0.4) is 0 Å². The number of hydrogen-bond acceptors (Lipinski definition) is 2. The molecule has 0 aliphatic carbocycles. The zero-order chi connectivity index (χ0) is 12.3. The van der Waals surface area contributed by atoms with Crippen molar-refractivity contribution in [3.05, 3.63) is 28.8 Å². The van der Waals surface area contributed by atoms with Gasteiger partial charge in [-0.2, -0.15) is 0 Å². The summed E-state index contributed by atoms with van der Waals surface area (Å²) in [6, 6.07) is 1.07. The van der Waals surface area contributed by atoms with E-state index in [4.69, 9.17) is 16.7 Å². The fourth-order valence-electron chi connectivity index (χ4n) is 1.15. The molecule has 0 aliphatic rings. The third kappa shape index (κ3) is 2.85. The first-order chi connectivity index (χ1) is 7.45. The van der Waals surface area contributed by atoms with E-state index >= 15 is 0 Å². The van der Waals surface area contributed by atoms with Gasteiger partial charge in [-0.3, -0.25) is 4.79 Å². The summed E-state index contributed by atoms with van der Waals surface area (Å²) in [6.45, 7) is 0. The molecule has 0 spiro atoms. The molecule has 0 unspecified atom stereocenters. The van der Waals surface area contributed by atoms with Gasteiger partial charge in [0.25, 0.3) is 6.43 Å². The van der Waals surface area contributed by atoms with Crippen LogP contribution in [-0.2, 0) is 17.1 Å². The Labute approximate surface area is 93.9 Å². The number of alkyl halides is 3. The first-order valence-electron chi connectivity index (χ1n) is 4.19. The first-order valence-corrected chi connectivity index (χ1v) is 4.73. The van der Waals surface area contributed by atoms with Crippen molar-refractivity contribution in [1.29, 1.82) is 0 Å². The molecule has 3 nitrogen and oxygen atoms in total. The van der Waals surface area contributed by atoms with Crippen molar-refractivity contribution in [2.75, 3.05) is 0 Å². The number of carboxylic acids is 1. The number of nitrogens with zero attached hydrogens (tertiary/aromatic N) is 1. The third-order valence-electron chi connectivity index (χ3n) is 1.79. The summed E-state index contributed by atoms with van der Waals surface area (Å²) in [5.74, 6) is -2.74. The second-order valence-corrected chi connectivity index (χ2v) is 3.24. The van der Waals surface area contributed by atoms with Gasteiger partial charge in [0.05, 0.1) is 18.0 Å². The molecule has 0 fully saturated rings. The number of aromatic nitrogens is 1. The van der Waals surface area contributed by atoms with Crippen LogP contribution in [0.5, 0.6) is 0 Å². The van der Waals surface area contributed by atoms with E-state index in [9.17, 15) is 18.0 Å². The number of rotatable bonds is 4. The number of carbonyl (C=O) groups is 1. The van der Waals surface area contributed by atoms with Crippen LogP contribution in [0.1, 0.15) is 23.4 Å². The zero-order valence-corrected chi connectivity index (χ0v) is 8.64. The first kappa shape index (κ1) is 12.8. The number of halogens is 4. The van der Waals surface area contributed by atoms with Crippen LogP contribution >= 0.6 is 11.6 Å². The summed E-state index contributed by atoms with van der Waals surface area (Å²) >= 11 is 5.36. The molecule has 0 saturated carbocycles. The predicted octanol–water partition coefficient (Wildman–Crippen LogP) is 2.52. The molecule has 88 valence electrons. The maximum absolute atomic E-state index is 13.3. The van der Waals surface area contributed by atoms with Crippen LogP contribution in [0, 0.1) is 5.82 Å². The van der Waals surface area contributed by atoms with E-state index in [-0.39, 0.29) is 17.1 Å². The lowest BCUT2D eigenvalue weighted by Crippen LogP contribution is -2.08. The summed E-state index contributed by atoms with van der Waals surface area (Å²) in [7, 11) is 0. The number of hydrogen-bond donors (Lipinski definition) is 1. The Balaban J connectivity index is 3.22. The number of carboxylic acid groups (broad SMARTS) is 1. The molecule has 1 heterocycles. The van der Waals surface area contributed by atoms with Crippen molar-refractivity contribution in [2.24, 2.45) is 0 Å². The highest BCUT2D eigenvalue weighted by molar-refractivity contribution is 6.17. The van der Waals surface area contributed by atoms with E-state index < -0.39 is 30.3 Å². The van der Waals surface area contributed by atoms with Crippen molar-refractivity contribution in [1.82, 2.24) is 4.98 Å². The maximum Gasteiger partial charge on any atom is 0.309 e. The molecule has 0 aliphatic heterocycles. The van der Waals surface area contributed by atoms with Gasteiger partial charge >= 0.3 is 5.97 Å². The van der Waals surface area contributed by atoms with Crippen molar-refractivity contribution >= 4 is 17.6 Å². The highest BCUT2D eigenvalue weighted by Crippen LogP contribution is 2.24. The molecule has 0 bridgehead atoms. The standard InChI is InChI=1S/C9H7ClF3NO2/c10-3-4-1-5(2-6(15)16)14-8(7(4)11)9(12)13/h1,9H,2-3H2,(H,15,16). The number of aliphatic carboxylic acids is 1. The lowest BCUT2D eigenvalue weighted by molar-refractivity contribution is -0.136. The molecular weight excluding hydrogens is 247 g/mol. The lowest BCUT2D eigenvalue weighted by Gasteiger charge is -2.07. The Morgan fingerprint density at radius 1 is 1.56 bits per heavy atom. The molecule has 0 saturated heterocycles. The van der Waals surface area contributed by atoms with Crippen LogP contribution in [0.2, 0.25) is 0 Å². The average Bonchev–Trinajstić information content (AvgIpc) is 2.19. The van der Waals surface area contributed by atoms with E-state index in [2.05, 4.69) is 4.98 Å². The van der Waals surface area contributed by atoms with Gasteiger partial charge in [-0.1, -0.05) is 0 Å². The fraction of sp³-hybridized carbons (Fsp3) is 0.333. The second kappa shape index (κ2) is 5.16. The molecular formula is C9H7ClF3NO2. The van der Waals surface area contributed by atoms with Gasteiger partial charge in [0.15, 0.2) is 5.82 Å². The molecule has 0 aromatic carbocycles. The van der Waals surface area contributed by atoms with E-state index in [1.54, 1.807) is 0 Å². The van der Waals surface area contributed by atoms with Crippen molar-refractivity contribution in [2.45, 2.75) is 18.7 Å². The quantitative estimate of drug-likeness (QED) is 0.839. The highest BCUT2D eigenvalue weighted by atomic mass is 35.5. The maximum atomic E-state index is 13.3. The van der Waals surface area contributed by atoms with Gasteiger partial charge in [-0.25, -0.2) is 18.2 Å². The minimum absolute atomic E-state index is 0.139. The Bertz CT molecular complexity index is 412. The fourth-order valence-corrected chi connectivity index (χ4v) is 1.35. The van der Waals surface area contributed by atoms with E-state index in [1.807, 2.05) is 0 Å². The van der Waals surface area contributed by atoms with Crippen LogP contribution in [0.15, 0.2) is 6.07 Å². The van der Waals surface area contributed by atoms with Crippen LogP contribution < -0.4 is 0 Å². The van der Waals surface area contributed by atoms with Crippen LogP contribution in [0.25, 0.3) is 0 Å². The lowest BCUT2D eigenvalue weighted by atomic mass is 10.1.